The van der Waals surface area contributed by atoms with Gasteiger partial charge in [0, 0.05) is 13.2 Å². The number of anilines is 1. The van der Waals surface area contributed by atoms with Crippen molar-refractivity contribution in [2.45, 2.75) is 12.8 Å². The molecule has 2 rings (SSSR count). The van der Waals surface area contributed by atoms with Crippen LogP contribution < -0.4 is 5.73 Å². The van der Waals surface area contributed by atoms with Gasteiger partial charge in [-0.05, 0) is 37.0 Å². The number of nitrogen functional groups attached to an aromatic ring is 1. The van der Waals surface area contributed by atoms with E-state index in [1.807, 2.05) is 0 Å². The summed E-state index contributed by atoms with van der Waals surface area (Å²) in [6.07, 6.45) is 1.83. The zero-order chi connectivity index (χ0) is 13.0. The first-order chi connectivity index (χ1) is 8.66. The van der Waals surface area contributed by atoms with Crippen molar-refractivity contribution in [3.05, 3.63) is 23.8 Å². The van der Waals surface area contributed by atoms with Crippen molar-refractivity contribution >= 4 is 11.7 Å². The lowest BCUT2D eigenvalue weighted by molar-refractivity contribution is 0.0185. The standard InChI is InChI=1S/C13H17NO4/c14-11-2-1-10(7-12(11)15)13(16)18-8-9-3-5-17-6-4-9/h1-2,7,9,15H,3-6,8,14H2. The lowest BCUT2D eigenvalue weighted by Gasteiger charge is -2.21. The van der Waals surface area contributed by atoms with Gasteiger partial charge in [-0.3, -0.25) is 0 Å². The second-order valence-electron chi connectivity index (χ2n) is 4.43. The second kappa shape index (κ2) is 5.73. The molecule has 1 saturated heterocycles. The Kier molecular flexibility index (Phi) is 4.04. The van der Waals surface area contributed by atoms with Crippen LogP contribution >= 0.6 is 0 Å². The van der Waals surface area contributed by atoms with Crippen molar-refractivity contribution < 1.29 is 19.4 Å². The average Bonchev–Trinajstić information content (AvgIpc) is 2.40. The molecule has 0 spiro atoms. The quantitative estimate of drug-likeness (QED) is 0.484. The summed E-state index contributed by atoms with van der Waals surface area (Å²) in [6.45, 7) is 1.85. The SMILES string of the molecule is Nc1ccc(C(=O)OCC2CCOCC2)cc1O. The van der Waals surface area contributed by atoms with Gasteiger partial charge in [-0.25, -0.2) is 4.79 Å². The smallest absolute Gasteiger partial charge is 0.338 e. The third-order valence-corrected chi connectivity index (χ3v) is 3.06. The van der Waals surface area contributed by atoms with E-state index in [0.29, 0.717) is 18.1 Å². The molecule has 0 atom stereocenters. The van der Waals surface area contributed by atoms with Crippen molar-refractivity contribution in [2.24, 2.45) is 5.92 Å². The van der Waals surface area contributed by atoms with E-state index in [1.165, 1.54) is 12.1 Å². The molecule has 1 aliphatic rings. The first-order valence-electron chi connectivity index (χ1n) is 6.00. The summed E-state index contributed by atoms with van der Waals surface area (Å²) in [5, 5.41) is 9.42. The number of rotatable bonds is 3. The fraction of sp³-hybridized carbons (Fsp3) is 0.462. The Morgan fingerprint density at radius 2 is 2.17 bits per heavy atom. The van der Waals surface area contributed by atoms with Crippen molar-refractivity contribution in [3.8, 4) is 5.75 Å². The van der Waals surface area contributed by atoms with Crippen LogP contribution in [0, 0.1) is 5.92 Å². The van der Waals surface area contributed by atoms with E-state index in [-0.39, 0.29) is 11.4 Å². The number of esters is 1. The van der Waals surface area contributed by atoms with E-state index < -0.39 is 5.97 Å². The summed E-state index contributed by atoms with van der Waals surface area (Å²) in [7, 11) is 0. The van der Waals surface area contributed by atoms with Crippen LogP contribution in [-0.4, -0.2) is 30.9 Å². The number of phenolic OH excluding ortho intramolecular Hbond substituents is 1. The zero-order valence-electron chi connectivity index (χ0n) is 10.1. The maximum atomic E-state index is 11.7. The lowest BCUT2D eigenvalue weighted by atomic mass is 10.0. The van der Waals surface area contributed by atoms with E-state index in [4.69, 9.17) is 15.2 Å². The first kappa shape index (κ1) is 12.7. The molecule has 5 nitrogen and oxygen atoms in total. The predicted octanol–water partition coefficient (Wildman–Crippen LogP) is 1.56. The number of carbonyl (C=O) groups excluding carboxylic acids is 1. The maximum Gasteiger partial charge on any atom is 0.338 e. The van der Waals surface area contributed by atoms with Gasteiger partial charge in [-0.1, -0.05) is 0 Å². The van der Waals surface area contributed by atoms with Crippen molar-refractivity contribution in [3.63, 3.8) is 0 Å². The Morgan fingerprint density at radius 1 is 1.44 bits per heavy atom. The number of benzene rings is 1. The van der Waals surface area contributed by atoms with Gasteiger partial charge in [0.05, 0.1) is 17.9 Å². The molecule has 3 N–H and O–H groups in total. The number of nitrogens with two attached hydrogens (primary N) is 1. The molecule has 1 heterocycles. The third-order valence-electron chi connectivity index (χ3n) is 3.06. The number of carbonyl (C=O) groups is 1. The van der Waals surface area contributed by atoms with Crippen molar-refractivity contribution in [2.75, 3.05) is 25.6 Å². The Morgan fingerprint density at radius 3 is 2.83 bits per heavy atom. The largest absolute Gasteiger partial charge is 0.506 e. The molecule has 0 aromatic heterocycles. The lowest BCUT2D eigenvalue weighted by Crippen LogP contribution is -2.21. The number of hydrogen-bond acceptors (Lipinski definition) is 5. The number of hydrogen-bond donors (Lipinski definition) is 2. The number of phenols is 1. The van der Waals surface area contributed by atoms with Crippen LogP contribution in [0.5, 0.6) is 5.75 Å². The highest BCUT2D eigenvalue weighted by Gasteiger charge is 2.17. The normalized spacial score (nSPS) is 16.4. The first-order valence-corrected chi connectivity index (χ1v) is 6.00. The molecule has 0 bridgehead atoms. The second-order valence-corrected chi connectivity index (χ2v) is 4.43. The van der Waals surface area contributed by atoms with E-state index >= 15 is 0 Å². The molecule has 1 aliphatic heterocycles. The summed E-state index contributed by atoms with van der Waals surface area (Å²) in [6, 6.07) is 4.35. The Hall–Kier alpha value is -1.75. The van der Waals surface area contributed by atoms with Gasteiger partial charge in [0.15, 0.2) is 0 Å². The summed E-state index contributed by atoms with van der Waals surface area (Å²) in [5.41, 5.74) is 6.02. The topological polar surface area (TPSA) is 81.8 Å². The zero-order valence-corrected chi connectivity index (χ0v) is 10.1. The molecule has 0 saturated carbocycles. The number of aromatic hydroxyl groups is 1. The molecule has 0 aliphatic carbocycles. The molecule has 98 valence electrons. The predicted molar refractivity (Wildman–Crippen MR) is 66.3 cm³/mol. The van der Waals surface area contributed by atoms with Crippen LogP contribution in [-0.2, 0) is 9.47 Å². The Labute approximate surface area is 106 Å². The summed E-state index contributed by atoms with van der Waals surface area (Å²) in [5.74, 6) is -0.169. The van der Waals surface area contributed by atoms with Crippen molar-refractivity contribution in [1.29, 1.82) is 0 Å². The molecule has 1 fully saturated rings. The third kappa shape index (κ3) is 3.13. The Balaban J connectivity index is 1.88. The van der Waals surface area contributed by atoms with Gasteiger partial charge in [0.2, 0.25) is 0 Å². The minimum absolute atomic E-state index is 0.101. The number of ether oxygens (including phenoxy) is 2. The molecule has 18 heavy (non-hydrogen) atoms. The fourth-order valence-corrected chi connectivity index (χ4v) is 1.86. The van der Waals surface area contributed by atoms with Crippen LogP contribution in [0.25, 0.3) is 0 Å². The molecular weight excluding hydrogens is 234 g/mol. The van der Waals surface area contributed by atoms with Crippen LogP contribution in [0.4, 0.5) is 5.69 Å². The summed E-state index contributed by atoms with van der Waals surface area (Å²) in [4.78, 5) is 11.7. The maximum absolute atomic E-state index is 11.7. The highest BCUT2D eigenvalue weighted by molar-refractivity contribution is 5.90. The van der Waals surface area contributed by atoms with Crippen LogP contribution in [0.2, 0.25) is 0 Å². The highest BCUT2D eigenvalue weighted by Crippen LogP contribution is 2.21. The minimum atomic E-state index is -0.434. The van der Waals surface area contributed by atoms with E-state index in [9.17, 15) is 9.90 Å². The van der Waals surface area contributed by atoms with Crippen molar-refractivity contribution in [1.82, 2.24) is 0 Å². The van der Waals surface area contributed by atoms with Crippen LogP contribution in [0.1, 0.15) is 23.2 Å². The fourth-order valence-electron chi connectivity index (χ4n) is 1.86. The van der Waals surface area contributed by atoms with Gasteiger partial charge in [0.25, 0.3) is 0 Å². The van der Waals surface area contributed by atoms with E-state index in [0.717, 1.165) is 26.1 Å². The van der Waals surface area contributed by atoms with Gasteiger partial charge < -0.3 is 20.3 Å². The molecule has 1 aromatic rings. The molecular formula is C13H17NO4. The van der Waals surface area contributed by atoms with Gasteiger partial charge >= 0.3 is 5.97 Å². The summed E-state index contributed by atoms with van der Waals surface area (Å²) >= 11 is 0. The molecule has 0 radical (unpaired) electrons. The van der Waals surface area contributed by atoms with Gasteiger partial charge in [0.1, 0.15) is 5.75 Å². The van der Waals surface area contributed by atoms with E-state index in [1.54, 1.807) is 6.07 Å². The minimum Gasteiger partial charge on any atom is -0.506 e. The van der Waals surface area contributed by atoms with E-state index in [2.05, 4.69) is 0 Å². The monoisotopic (exact) mass is 251 g/mol. The molecule has 0 amide bonds. The highest BCUT2D eigenvalue weighted by atomic mass is 16.5. The van der Waals surface area contributed by atoms with Crippen LogP contribution in [0.15, 0.2) is 18.2 Å². The summed E-state index contributed by atoms with van der Waals surface area (Å²) < 4.78 is 10.4. The van der Waals surface area contributed by atoms with Gasteiger partial charge in [-0.15, -0.1) is 0 Å². The average molecular weight is 251 g/mol. The van der Waals surface area contributed by atoms with Crippen LogP contribution in [0.3, 0.4) is 0 Å². The van der Waals surface area contributed by atoms with Gasteiger partial charge in [-0.2, -0.15) is 0 Å². The molecule has 0 unspecified atom stereocenters. The molecule has 5 heteroatoms. The Bertz CT molecular complexity index is 427. The molecule has 1 aromatic carbocycles.